The lowest BCUT2D eigenvalue weighted by Crippen LogP contribution is -2.62. The van der Waals surface area contributed by atoms with Crippen molar-refractivity contribution in [3.8, 4) is 22.6 Å². The quantitative estimate of drug-likeness (QED) is 0.184. The molecule has 2 heterocycles. The highest BCUT2D eigenvalue weighted by Gasteiger charge is 2.62. The van der Waals surface area contributed by atoms with Gasteiger partial charge in [-0.05, 0) is 102 Å². The molecule has 1 spiro atoms. The first-order valence-corrected chi connectivity index (χ1v) is 19.3. The maximum absolute atomic E-state index is 15.1. The number of fused-ring (bicyclic) bond motifs is 11. The lowest BCUT2D eigenvalue weighted by Gasteiger charge is -2.52. The van der Waals surface area contributed by atoms with Crippen molar-refractivity contribution < 1.29 is 22.6 Å². The molecule has 9 rings (SSSR count). The van der Waals surface area contributed by atoms with E-state index >= 15 is 13.2 Å². The van der Waals surface area contributed by atoms with Crippen LogP contribution in [0.25, 0.3) is 28.0 Å². The van der Waals surface area contributed by atoms with Crippen LogP contribution in [0.5, 0.6) is 11.5 Å². The molecule has 0 aromatic heterocycles. The second-order valence-electron chi connectivity index (χ2n) is 18.3. The van der Waals surface area contributed by atoms with Crippen LogP contribution in [0.1, 0.15) is 87.3 Å². The maximum atomic E-state index is 15.1. The van der Waals surface area contributed by atoms with Gasteiger partial charge in [0.05, 0.1) is 18.5 Å². The van der Waals surface area contributed by atoms with Gasteiger partial charge < -0.3 is 19.3 Å². The van der Waals surface area contributed by atoms with E-state index in [1.165, 1.54) is 27.9 Å². The molecule has 0 amide bonds. The van der Waals surface area contributed by atoms with E-state index in [0.717, 1.165) is 69.2 Å². The molecule has 0 saturated heterocycles. The summed E-state index contributed by atoms with van der Waals surface area (Å²) in [6.45, 7) is 12.9. The van der Waals surface area contributed by atoms with Crippen LogP contribution in [0, 0.1) is 17.8 Å². The molecule has 0 bridgehead atoms. The number of benzene rings is 5. The van der Waals surface area contributed by atoms with Gasteiger partial charge in [-0.2, -0.15) is 13.2 Å². The van der Waals surface area contributed by atoms with Crippen molar-refractivity contribution in [1.29, 1.82) is 0 Å². The number of rotatable bonds is 3. The standard InChI is InChI=1S/C48H49F3N2O2/c1-29-14-16-30(17-15-29)47(31-18-20-32(54-9)21-19-31)23-22-34-41-40(33-12-10-11-13-37(33)46(41)27-43(2,3)26-44(4,5)28-46)35-24-38-39(25-36(35)42(34)55-47)53(8)45(6,52(38)7)48(49,50)51/h10-25H,26-28H2,1-9H3. The molecule has 2 aliphatic carbocycles. The topological polar surface area (TPSA) is 24.9 Å². The summed E-state index contributed by atoms with van der Waals surface area (Å²) in [5.41, 5.74) is 6.34. The van der Waals surface area contributed by atoms with E-state index in [1.54, 1.807) is 21.2 Å². The van der Waals surface area contributed by atoms with E-state index < -0.39 is 17.4 Å². The summed E-state index contributed by atoms with van der Waals surface area (Å²) < 4.78 is 58.4. The minimum Gasteiger partial charge on any atom is -0.497 e. The molecule has 2 aliphatic heterocycles. The summed E-state index contributed by atoms with van der Waals surface area (Å²) in [7, 11) is 4.77. The Morgan fingerprint density at radius 3 is 1.87 bits per heavy atom. The Labute approximate surface area is 322 Å². The summed E-state index contributed by atoms with van der Waals surface area (Å²) >= 11 is 0. The molecule has 0 radical (unpaired) electrons. The van der Waals surface area contributed by atoms with Gasteiger partial charge >= 0.3 is 6.18 Å². The molecular weight excluding hydrogens is 694 g/mol. The number of alkyl halides is 3. The molecule has 55 heavy (non-hydrogen) atoms. The van der Waals surface area contributed by atoms with Gasteiger partial charge in [-0.3, -0.25) is 0 Å². The number of anilines is 2. The molecular formula is C48H49F3N2O2. The predicted octanol–water partition coefficient (Wildman–Crippen LogP) is 12.2. The summed E-state index contributed by atoms with van der Waals surface area (Å²) in [5.74, 6) is 1.43. The highest BCUT2D eigenvalue weighted by molar-refractivity contribution is 6.12. The fraction of sp³-hybridized carbons (Fsp3) is 0.375. The zero-order valence-corrected chi connectivity index (χ0v) is 33.2. The van der Waals surface area contributed by atoms with Gasteiger partial charge in [-0.25, -0.2) is 0 Å². The molecule has 1 saturated carbocycles. The van der Waals surface area contributed by atoms with Gasteiger partial charge in [-0.15, -0.1) is 0 Å². The second kappa shape index (κ2) is 11.3. The monoisotopic (exact) mass is 742 g/mol. The predicted molar refractivity (Wildman–Crippen MR) is 217 cm³/mol. The summed E-state index contributed by atoms with van der Waals surface area (Å²) in [5, 5.41) is 1.71. The normalized spacial score (nSPS) is 24.0. The van der Waals surface area contributed by atoms with Crippen LogP contribution >= 0.6 is 0 Å². The first kappa shape index (κ1) is 35.8. The fourth-order valence-corrected chi connectivity index (χ4v) is 11.4. The van der Waals surface area contributed by atoms with Crippen molar-refractivity contribution in [2.45, 2.75) is 83.7 Å². The first-order chi connectivity index (χ1) is 25.9. The van der Waals surface area contributed by atoms with E-state index in [-0.39, 0.29) is 16.2 Å². The van der Waals surface area contributed by atoms with Crippen LogP contribution in [-0.2, 0) is 11.0 Å². The summed E-state index contributed by atoms with van der Waals surface area (Å²) in [6.07, 6.45) is 2.91. The average Bonchev–Trinajstić information content (AvgIpc) is 3.50. The summed E-state index contributed by atoms with van der Waals surface area (Å²) in [6, 6.07) is 29.1. The largest absolute Gasteiger partial charge is 0.497 e. The zero-order valence-electron chi connectivity index (χ0n) is 33.2. The number of hydrogen-bond acceptors (Lipinski definition) is 4. The van der Waals surface area contributed by atoms with Crippen LogP contribution < -0.4 is 19.3 Å². The van der Waals surface area contributed by atoms with Gasteiger partial charge in [0.2, 0.25) is 5.66 Å². The van der Waals surface area contributed by atoms with Crippen molar-refractivity contribution in [2.75, 3.05) is 31.0 Å². The highest BCUT2D eigenvalue weighted by Crippen LogP contribution is 2.67. The number of nitrogens with zero attached hydrogens (tertiary/aromatic N) is 2. The molecule has 5 aromatic rings. The Morgan fingerprint density at radius 1 is 0.727 bits per heavy atom. The Balaban J connectivity index is 1.41. The van der Waals surface area contributed by atoms with Crippen molar-refractivity contribution in [2.24, 2.45) is 10.8 Å². The van der Waals surface area contributed by atoms with Gasteiger partial charge in [-0.1, -0.05) is 100.0 Å². The van der Waals surface area contributed by atoms with Crippen molar-refractivity contribution in [3.05, 3.63) is 124 Å². The molecule has 0 N–H and O–H groups in total. The third-order valence-electron chi connectivity index (χ3n) is 13.4. The molecule has 4 aliphatic rings. The number of aryl methyl sites for hydroxylation is 1. The van der Waals surface area contributed by atoms with Crippen molar-refractivity contribution in [3.63, 3.8) is 0 Å². The lowest BCUT2D eigenvalue weighted by atomic mass is 9.52. The third kappa shape index (κ3) is 4.83. The van der Waals surface area contributed by atoms with Crippen molar-refractivity contribution in [1.82, 2.24) is 0 Å². The number of halogens is 3. The third-order valence-corrected chi connectivity index (χ3v) is 13.4. The van der Waals surface area contributed by atoms with Crippen molar-refractivity contribution >= 4 is 28.2 Å². The molecule has 2 unspecified atom stereocenters. The number of ether oxygens (including phenoxy) is 2. The average molecular weight is 743 g/mol. The second-order valence-corrected chi connectivity index (χ2v) is 18.3. The molecule has 7 heteroatoms. The Hall–Kier alpha value is -4.91. The molecule has 1 fully saturated rings. The highest BCUT2D eigenvalue weighted by atomic mass is 19.4. The van der Waals surface area contributed by atoms with Crippen LogP contribution in [-0.4, -0.2) is 33.0 Å². The lowest BCUT2D eigenvalue weighted by molar-refractivity contribution is -0.178. The van der Waals surface area contributed by atoms with E-state index in [1.807, 2.05) is 36.4 Å². The minimum absolute atomic E-state index is 0.0295. The maximum Gasteiger partial charge on any atom is 0.430 e. The van der Waals surface area contributed by atoms with E-state index in [0.29, 0.717) is 17.1 Å². The van der Waals surface area contributed by atoms with Gasteiger partial charge in [0.15, 0.2) is 5.60 Å². The smallest absolute Gasteiger partial charge is 0.430 e. The fourth-order valence-electron chi connectivity index (χ4n) is 11.4. The van der Waals surface area contributed by atoms with Gasteiger partial charge in [0.25, 0.3) is 0 Å². The Bertz CT molecular complexity index is 2410. The zero-order chi connectivity index (χ0) is 39.1. The Morgan fingerprint density at radius 2 is 1.29 bits per heavy atom. The van der Waals surface area contributed by atoms with Crippen LogP contribution in [0.3, 0.4) is 0 Å². The van der Waals surface area contributed by atoms with Crippen LogP contribution in [0.15, 0.2) is 91.0 Å². The number of hydrogen-bond donors (Lipinski definition) is 0. The first-order valence-electron chi connectivity index (χ1n) is 19.3. The van der Waals surface area contributed by atoms with Crippen LogP contribution in [0.4, 0.5) is 24.5 Å². The van der Waals surface area contributed by atoms with Gasteiger partial charge in [0, 0.05) is 41.6 Å². The molecule has 2 atom stereocenters. The SMILES string of the molecule is COc1ccc(C2(c3ccc(C)cc3)C=Cc3c4c(c5cc6c(cc5c3O2)N(C)C(C)(C(F)(F)F)N6C)-c2ccccc2C42CC(C)(C)CC(C)(C)C2)cc1. The molecule has 5 aromatic carbocycles. The minimum atomic E-state index is -4.52. The molecule has 4 nitrogen and oxygen atoms in total. The van der Waals surface area contributed by atoms with Gasteiger partial charge in [0.1, 0.15) is 11.5 Å². The van der Waals surface area contributed by atoms with E-state index in [2.05, 4.69) is 95.3 Å². The van der Waals surface area contributed by atoms with E-state index in [9.17, 15) is 0 Å². The van der Waals surface area contributed by atoms with E-state index in [4.69, 9.17) is 9.47 Å². The number of methoxy groups -OCH3 is 1. The summed E-state index contributed by atoms with van der Waals surface area (Å²) in [4.78, 5) is 2.77. The van der Waals surface area contributed by atoms with Crippen LogP contribution in [0.2, 0.25) is 0 Å². The Kier molecular flexibility index (Phi) is 7.37. The molecule has 284 valence electrons.